The molecule has 1 aromatic carbocycles. The summed E-state index contributed by atoms with van der Waals surface area (Å²) in [5.74, 6) is 0.327. The fourth-order valence-electron chi connectivity index (χ4n) is 1.75. The van der Waals surface area contributed by atoms with Crippen molar-refractivity contribution in [1.29, 1.82) is 0 Å². The molecular weight excluding hydrogens is 198 g/mol. The van der Waals surface area contributed by atoms with Crippen LogP contribution in [0.15, 0.2) is 24.3 Å². The number of anilines is 1. The van der Waals surface area contributed by atoms with Gasteiger partial charge in [-0.3, -0.25) is 0 Å². The molecule has 0 aliphatic carbocycles. The van der Waals surface area contributed by atoms with Gasteiger partial charge < -0.3 is 10.4 Å². The predicted octanol–water partition coefficient (Wildman–Crippen LogP) is 4.16. The molecular formula is C14H23NO. The van der Waals surface area contributed by atoms with Gasteiger partial charge in [0.05, 0.1) is 0 Å². The summed E-state index contributed by atoms with van der Waals surface area (Å²) in [7, 11) is 0. The summed E-state index contributed by atoms with van der Waals surface area (Å²) in [5, 5.41) is 12.6. The zero-order valence-corrected chi connectivity index (χ0v) is 10.2. The molecule has 90 valence electrons. The Morgan fingerprint density at radius 1 is 1.06 bits per heavy atom. The summed E-state index contributed by atoms with van der Waals surface area (Å²) in [6, 6.07) is 7.29. The number of hydrogen-bond donors (Lipinski definition) is 2. The predicted molar refractivity (Wildman–Crippen MR) is 70.0 cm³/mol. The van der Waals surface area contributed by atoms with Crippen molar-refractivity contribution in [3.05, 3.63) is 24.3 Å². The normalized spacial score (nSPS) is 10.3. The largest absolute Gasteiger partial charge is 0.508 e. The smallest absolute Gasteiger partial charge is 0.117 e. The van der Waals surface area contributed by atoms with Crippen LogP contribution in [0.25, 0.3) is 0 Å². The Morgan fingerprint density at radius 2 is 1.81 bits per heavy atom. The molecule has 0 aliphatic heterocycles. The van der Waals surface area contributed by atoms with Gasteiger partial charge in [0.25, 0.3) is 0 Å². The van der Waals surface area contributed by atoms with Crippen LogP contribution in [0.4, 0.5) is 5.69 Å². The maximum absolute atomic E-state index is 9.27. The van der Waals surface area contributed by atoms with Gasteiger partial charge in [-0.15, -0.1) is 0 Å². The van der Waals surface area contributed by atoms with Gasteiger partial charge in [-0.25, -0.2) is 0 Å². The average Bonchev–Trinajstić information content (AvgIpc) is 2.28. The summed E-state index contributed by atoms with van der Waals surface area (Å²) in [6.07, 6.45) is 7.88. The van der Waals surface area contributed by atoms with Crippen LogP contribution < -0.4 is 5.32 Å². The SMILES string of the molecule is CCCCCCCCNc1cccc(O)c1. The van der Waals surface area contributed by atoms with E-state index in [-0.39, 0.29) is 0 Å². The highest BCUT2D eigenvalue weighted by Gasteiger charge is 1.93. The Kier molecular flexibility index (Phi) is 6.47. The topological polar surface area (TPSA) is 32.3 Å². The van der Waals surface area contributed by atoms with Gasteiger partial charge in [-0.05, 0) is 18.6 Å². The monoisotopic (exact) mass is 221 g/mol. The minimum atomic E-state index is 0.327. The van der Waals surface area contributed by atoms with E-state index in [0.717, 1.165) is 12.2 Å². The van der Waals surface area contributed by atoms with Gasteiger partial charge in [0.1, 0.15) is 5.75 Å². The first-order valence-electron chi connectivity index (χ1n) is 6.36. The molecule has 1 aromatic rings. The highest BCUT2D eigenvalue weighted by atomic mass is 16.3. The molecule has 0 aliphatic rings. The maximum atomic E-state index is 9.27. The second-order valence-electron chi connectivity index (χ2n) is 4.24. The van der Waals surface area contributed by atoms with E-state index in [1.165, 1.54) is 38.5 Å². The molecule has 0 radical (unpaired) electrons. The lowest BCUT2D eigenvalue weighted by molar-refractivity contribution is 0.475. The van der Waals surface area contributed by atoms with Crippen LogP contribution >= 0.6 is 0 Å². The Morgan fingerprint density at radius 3 is 2.56 bits per heavy atom. The molecule has 0 spiro atoms. The number of aromatic hydroxyl groups is 1. The van der Waals surface area contributed by atoms with Crippen LogP contribution in [0.3, 0.4) is 0 Å². The summed E-state index contributed by atoms with van der Waals surface area (Å²) < 4.78 is 0. The lowest BCUT2D eigenvalue weighted by Crippen LogP contribution is -2.00. The quantitative estimate of drug-likeness (QED) is 0.646. The standard InChI is InChI=1S/C14H23NO/c1-2-3-4-5-6-7-11-15-13-9-8-10-14(16)12-13/h8-10,12,15-16H,2-7,11H2,1H3. The third-order valence-electron chi connectivity index (χ3n) is 2.71. The van der Waals surface area contributed by atoms with E-state index in [0.29, 0.717) is 5.75 Å². The van der Waals surface area contributed by atoms with Crippen LogP contribution in [-0.2, 0) is 0 Å². The Hall–Kier alpha value is -1.18. The summed E-state index contributed by atoms with van der Waals surface area (Å²) >= 11 is 0. The van der Waals surface area contributed by atoms with Gasteiger partial charge in [-0.2, -0.15) is 0 Å². The highest BCUT2D eigenvalue weighted by molar-refractivity contribution is 5.47. The molecule has 16 heavy (non-hydrogen) atoms. The zero-order valence-electron chi connectivity index (χ0n) is 10.2. The van der Waals surface area contributed by atoms with Gasteiger partial charge in [-0.1, -0.05) is 45.1 Å². The first-order valence-corrected chi connectivity index (χ1v) is 6.36. The molecule has 1 rings (SSSR count). The summed E-state index contributed by atoms with van der Waals surface area (Å²) in [6.45, 7) is 3.24. The van der Waals surface area contributed by atoms with Crippen molar-refractivity contribution in [2.24, 2.45) is 0 Å². The number of phenolic OH excluding ortho intramolecular Hbond substituents is 1. The van der Waals surface area contributed by atoms with Gasteiger partial charge >= 0.3 is 0 Å². The number of unbranched alkanes of at least 4 members (excludes halogenated alkanes) is 5. The van der Waals surface area contributed by atoms with Crippen LogP contribution in [0.2, 0.25) is 0 Å². The molecule has 0 unspecified atom stereocenters. The van der Waals surface area contributed by atoms with E-state index in [9.17, 15) is 5.11 Å². The van der Waals surface area contributed by atoms with Gasteiger partial charge in [0.2, 0.25) is 0 Å². The van der Waals surface area contributed by atoms with Crippen molar-refractivity contribution < 1.29 is 5.11 Å². The molecule has 0 aromatic heterocycles. The van der Waals surface area contributed by atoms with Crippen molar-refractivity contribution >= 4 is 5.69 Å². The van der Waals surface area contributed by atoms with Crippen molar-refractivity contribution in [1.82, 2.24) is 0 Å². The summed E-state index contributed by atoms with van der Waals surface area (Å²) in [4.78, 5) is 0. The first kappa shape index (κ1) is 12.9. The van der Waals surface area contributed by atoms with E-state index in [1.54, 1.807) is 12.1 Å². The fraction of sp³-hybridized carbons (Fsp3) is 0.571. The van der Waals surface area contributed by atoms with Crippen molar-refractivity contribution in [2.45, 2.75) is 45.4 Å². The highest BCUT2D eigenvalue weighted by Crippen LogP contribution is 2.15. The van der Waals surface area contributed by atoms with Crippen LogP contribution in [0.1, 0.15) is 45.4 Å². The molecule has 0 heterocycles. The van der Waals surface area contributed by atoms with E-state index >= 15 is 0 Å². The second-order valence-corrected chi connectivity index (χ2v) is 4.24. The molecule has 2 heteroatoms. The zero-order chi connectivity index (χ0) is 11.6. The summed E-state index contributed by atoms with van der Waals surface area (Å²) in [5.41, 5.74) is 1.01. The Bertz CT molecular complexity index is 286. The minimum Gasteiger partial charge on any atom is -0.508 e. The van der Waals surface area contributed by atoms with E-state index in [2.05, 4.69) is 12.2 Å². The lowest BCUT2D eigenvalue weighted by atomic mass is 10.1. The number of phenols is 1. The Labute approximate surface area is 98.7 Å². The third kappa shape index (κ3) is 5.64. The van der Waals surface area contributed by atoms with E-state index in [1.807, 2.05) is 12.1 Å². The molecule has 0 amide bonds. The first-order chi connectivity index (χ1) is 7.83. The van der Waals surface area contributed by atoms with E-state index in [4.69, 9.17) is 0 Å². The van der Waals surface area contributed by atoms with Crippen LogP contribution in [-0.4, -0.2) is 11.7 Å². The van der Waals surface area contributed by atoms with Crippen LogP contribution in [0.5, 0.6) is 5.75 Å². The molecule has 2 nitrogen and oxygen atoms in total. The molecule has 0 saturated heterocycles. The molecule has 0 bridgehead atoms. The third-order valence-corrected chi connectivity index (χ3v) is 2.71. The van der Waals surface area contributed by atoms with Crippen LogP contribution in [0, 0.1) is 0 Å². The second kappa shape index (κ2) is 8.03. The number of benzene rings is 1. The molecule has 0 saturated carbocycles. The number of rotatable bonds is 8. The van der Waals surface area contributed by atoms with Crippen molar-refractivity contribution in [3.63, 3.8) is 0 Å². The Balaban J connectivity index is 2.03. The molecule has 2 N–H and O–H groups in total. The van der Waals surface area contributed by atoms with Crippen molar-refractivity contribution in [3.8, 4) is 5.75 Å². The fourth-order valence-corrected chi connectivity index (χ4v) is 1.75. The average molecular weight is 221 g/mol. The minimum absolute atomic E-state index is 0.327. The molecule has 0 atom stereocenters. The molecule has 0 fully saturated rings. The maximum Gasteiger partial charge on any atom is 0.117 e. The number of hydrogen-bond acceptors (Lipinski definition) is 2. The van der Waals surface area contributed by atoms with E-state index < -0.39 is 0 Å². The van der Waals surface area contributed by atoms with Gasteiger partial charge in [0.15, 0.2) is 0 Å². The lowest BCUT2D eigenvalue weighted by Gasteiger charge is -2.06. The number of nitrogens with one attached hydrogen (secondary N) is 1. The van der Waals surface area contributed by atoms with Crippen molar-refractivity contribution in [2.75, 3.05) is 11.9 Å². The van der Waals surface area contributed by atoms with Gasteiger partial charge in [0, 0.05) is 18.3 Å².